The second-order valence-electron chi connectivity index (χ2n) is 6.11. The summed E-state index contributed by atoms with van der Waals surface area (Å²) in [4.78, 5) is 11.8. The maximum Gasteiger partial charge on any atom is 0.220 e. The van der Waals surface area contributed by atoms with Gasteiger partial charge in [0.25, 0.3) is 0 Å². The molecule has 2 fully saturated rings. The number of carbonyl (C=O) groups excluding carboxylic acids is 1. The molecule has 1 aliphatic heterocycles. The molecule has 2 aliphatic rings. The zero-order chi connectivity index (χ0) is 13.5. The molecule has 1 atom stereocenters. The molecule has 0 radical (unpaired) electrons. The normalized spacial score (nSPS) is 31.9. The van der Waals surface area contributed by atoms with Crippen molar-refractivity contribution in [1.29, 1.82) is 0 Å². The maximum atomic E-state index is 11.8. The number of nitrogens with one attached hydrogen (secondary N) is 1. The van der Waals surface area contributed by atoms with Crippen molar-refractivity contribution in [2.75, 3.05) is 13.2 Å². The van der Waals surface area contributed by atoms with Crippen LogP contribution in [0, 0.1) is 5.92 Å². The lowest BCUT2D eigenvalue weighted by molar-refractivity contribution is -0.122. The van der Waals surface area contributed by atoms with Crippen molar-refractivity contribution in [3.63, 3.8) is 0 Å². The highest BCUT2D eigenvalue weighted by atomic mass is 16.5. The number of ether oxygens (including phenoxy) is 1. The minimum atomic E-state index is 0.184. The standard InChI is InChI=1S/C15H28N2O2/c16-13-7-4-12(5-8-13)6-9-15(18)17-11-14-3-1-2-10-19-14/h12-14H,1-11,16H2,(H,17,18). The Labute approximate surface area is 116 Å². The molecular weight excluding hydrogens is 240 g/mol. The monoisotopic (exact) mass is 268 g/mol. The summed E-state index contributed by atoms with van der Waals surface area (Å²) in [6.45, 7) is 1.54. The van der Waals surface area contributed by atoms with Crippen LogP contribution in [0.15, 0.2) is 0 Å². The van der Waals surface area contributed by atoms with Crippen molar-refractivity contribution >= 4 is 5.91 Å². The third-order valence-corrected chi connectivity index (χ3v) is 4.47. The van der Waals surface area contributed by atoms with Crippen molar-refractivity contribution in [1.82, 2.24) is 5.32 Å². The van der Waals surface area contributed by atoms with Gasteiger partial charge in [0.2, 0.25) is 5.91 Å². The molecule has 4 heteroatoms. The molecule has 0 aromatic heterocycles. The van der Waals surface area contributed by atoms with Crippen molar-refractivity contribution in [3.05, 3.63) is 0 Å². The van der Waals surface area contributed by atoms with E-state index in [4.69, 9.17) is 10.5 Å². The molecule has 0 bridgehead atoms. The zero-order valence-electron chi connectivity index (χ0n) is 11.9. The first kappa shape index (κ1) is 14.8. The Morgan fingerprint density at radius 2 is 1.95 bits per heavy atom. The van der Waals surface area contributed by atoms with E-state index < -0.39 is 0 Å². The first-order valence-corrected chi connectivity index (χ1v) is 7.88. The summed E-state index contributed by atoms with van der Waals surface area (Å²) in [7, 11) is 0. The fourth-order valence-electron chi connectivity index (χ4n) is 3.10. The van der Waals surface area contributed by atoms with Gasteiger partial charge in [-0.15, -0.1) is 0 Å². The number of hydrogen-bond donors (Lipinski definition) is 2. The smallest absolute Gasteiger partial charge is 0.220 e. The molecule has 1 amide bonds. The van der Waals surface area contributed by atoms with Crippen LogP contribution >= 0.6 is 0 Å². The number of rotatable bonds is 5. The van der Waals surface area contributed by atoms with Crippen LogP contribution in [0.1, 0.15) is 57.8 Å². The van der Waals surface area contributed by atoms with E-state index in [0.717, 1.165) is 38.7 Å². The fraction of sp³-hybridized carbons (Fsp3) is 0.933. The minimum Gasteiger partial charge on any atom is -0.376 e. The lowest BCUT2D eigenvalue weighted by Crippen LogP contribution is -2.35. The van der Waals surface area contributed by atoms with Crippen LogP contribution in [0.2, 0.25) is 0 Å². The van der Waals surface area contributed by atoms with Crippen LogP contribution in [0.4, 0.5) is 0 Å². The van der Waals surface area contributed by atoms with E-state index in [1.807, 2.05) is 0 Å². The lowest BCUT2D eigenvalue weighted by atomic mass is 9.84. The summed E-state index contributed by atoms with van der Waals surface area (Å²) in [6, 6.07) is 0.397. The topological polar surface area (TPSA) is 64.4 Å². The Morgan fingerprint density at radius 1 is 1.16 bits per heavy atom. The molecule has 0 aromatic carbocycles. The first-order valence-electron chi connectivity index (χ1n) is 7.88. The van der Waals surface area contributed by atoms with Gasteiger partial charge in [0.15, 0.2) is 0 Å². The predicted octanol–water partition coefficient (Wildman–Crippen LogP) is 1.97. The van der Waals surface area contributed by atoms with Crippen molar-refractivity contribution < 1.29 is 9.53 Å². The molecule has 1 saturated heterocycles. The highest BCUT2D eigenvalue weighted by molar-refractivity contribution is 5.75. The van der Waals surface area contributed by atoms with E-state index in [1.54, 1.807) is 0 Å². The SMILES string of the molecule is NC1CCC(CCC(=O)NCC2CCCCO2)CC1. The van der Waals surface area contributed by atoms with Gasteiger partial charge in [-0.05, 0) is 57.3 Å². The Hall–Kier alpha value is -0.610. The average Bonchev–Trinajstić information content (AvgIpc) is 2.45. The molecule has 0 spiro atoms. The van der Waals surface area contributed by atoms with Crippen molar-refractivity contribution in [2.24, 2.45) is 11.7 Å². The van der Waals surface area contributed by atoms with E-state index in [9.17, 15) is 4.79 Å². The van der Waals surface area contributed by atoms with Gasteiger partial charge >= 0.3 is 0 Å². The van der Waals surface area contributed by atoms with Gasteiger partial charge in [-0.2, -0.15) is 0 Å². The number of hydrogen-bond acceptors (Lipinski definition) is 3. The maximum absolute atomic E-state index is 11.8. The number of carbonyl (C=O) groups is 1. The molecule has 1 saturated carbocycles. The van der Waals surface area contributed by atoms with Crippen molar-refractivity contribution in [3.8, 4) is 0 Å². The average molecular weight is 268 g/mol. The van der Waals surface area contributed by atoms with Gasteiger partial charge in [-0.25, -0.2) is 0 Å². The van der Waals surface area contributed by atoms with Gasteiger partial charge in [0.05, 0.1) is 6.10 Å². The molecule has 4 nitrogen and oxygen atoms in total. The summed E-state index contributed by atoms with van der Waals surface area (Å²) in [5.41, 5.74) is 5.89. The first-order chi connectivity index (χ1) is 9.24. The molecule has 1 unspecified atom stereocenters. The second-order valence-corrected chi connectivity index (χ2v) is 6.11. The largest absolute Gasteiger partial charge is 0.376 e. The summed E-state index contributed by atoms with van der Waals surface area (Å²) in [5.74, 6) is 0.889. The second kappa shape index (κ2) is 7.85. The molecular formula is C15H28N2O2. The van der Waals surface area contributed by atoms with Gasteiger partial charge < -0.3 is 15.8 Å². The Kier molecular flexibility index (Phi) is 6.11. The molecule has 110 valence electrons. The molecule has 19 heavy (non-hydrogen) atoms. The third-order valence-electron chi connectivity index (χ3n) is 4.47. The third kappa shape index (κ3) is 5.49. The van der Waals surface area contributed by atoms with Gasteiger partial charge in [-0.1, -0.05) is 0 Å². The minimum absolute atomic E-state index is 0.184. The van der Waals surface area contributed by atoms with E-state index in [-0.39, 0.29) is 12.0 Å². The fourth-order valence-corrected chi connectivity index (χ4v) is 3.10. The van der Waals surface area contributed by atoms with Crippen LogP contribution in [0.3, 0.4) is 0 Å². The highest BCUT2D eigenvalue weighted by Gasteiger charge is 2.19. The Balaban J connectivity index is 1.54. The number of amides is 1. The quantitative estimate of drug-likeness (QED) is 0.801. The zero-order valence-corrected chi connectivity index (χ0v) is 11.9. The summed E-state index contributed by atoms with van der Waals surface area (Å²) >= 11 is 0. The molecule has 0 aromatic rings. The molecule has 3 N–H and O–H groups in total. The van der Waals surface area contributed by atoms with E-state index in [2.05, 4.69) is 5.32 Å². The van der Waals surface area contributed by atoms with Crippen LogP contribution in [0.5, 0.6) is 0 Å². The van der Waals surface area contributed by atoms with Crippen LogP contribution in [-0.2, 0) is 9.53 Å². The molecule has 1 heterocycles. The molecule has 2 rings (SSSR count). The summed E-state index contributed by atoms with van der Waals surface area (Å²) < 4.78 is 5.61. The Bertz CT molecular complexity index is 269. The molecule has 1 aliphatic carbocycles. The van der Waals surface area contributed by atoms with Crippen LogP contribution < -0.4 is 11.1 Å². The van der Waals surface area contributed by atoms with E-state index in [0.29, 0.717) is 24.9 Å². The Morgan fingerprint density at radius 3 is 2.63 bits per heavy atom. The summed E-state index contributed by atoms with van der Waals surface area (Å²) in [6.07, 6.45) is 10.0. The predicted molar refractivity (Wildman–Crippen MR) is 75.8 cm³/mol. The number of nitrogens with two attached hydrogens (primary N) is 1. The van der Waals surface area contributed by atoms with Crippen LogP contribution in [-0.4, -0.2) is 31.2 Å². The van der Waals surface area contributed by atoms with Gasteiger partial charge in [0, 0.05) is 25.6 Å². The van der Waals surface area contributed by atoms with Crippen LogP contribution in [0.25, 0.3) is 0 Å². The van der Waals surface area contributed by atoms with Crippen molar-refractivity contribution in [2.45, 2.75) is 69.9 Å². The lowest BCUT2D eigenvalue weighted by Gasteiger charge is -2.26. The van der Waals surface area contributed by atoms with Gasteiger partial charge in [-0.3, -0.25) is 4.79 Å². The van der Waals surface area contributed by atoms with E-state index >= 15 is 0 Å². The highest BCUT2D eigenvalue weighted by Crippen LogP contribution is 2.26. The summed E-state index contributed by atoms with van der Waals surface area (Å²) in [5, 5.41) is 3.01. The van der Waals surface area contributed by atoms with Gasteiger partial charge in [0.1, 0.15) is 0 Å². The van der Waals surface area contributed by atoms with E-state index in [1.165, 1.54) is 19.3 Å².